The number of benzene rings is 1. The quantitative estimate of drug-likeness (QED) is 0.669. The lowest BCUT2D eigenvalue weighted by molar-refractivity contribution is -0.128. The second-order valence-corrected chi connectivity index (χ2v) is 7.64. The molecule has 2 unspecified atom stereocenters. The van der Waals surface area contributed by atoms with E-state index in [4.69, 9.17) is 0 Å². The van der Waals surface area contributed by atoms with Gasteiger partial charge in [0.1, 0.15) is 0 Å². The highest BCUT2D eigenvalue weighted by atomic mass is 32.2. The molecular weight excluding hydrogens is 290 g/mol. The Labute approximate surface area is 139 Å². The van der Waals surface area contributed by atoms with Crippen LogP contribution in [-0.4, -0.2) is 21.9 Å². The molecule has 1 aromatic rings. The molecule has 0 aromatic heterocycles. The summed E-state index contributed by atoms with van der Waals surface area (Å²) >= 11 is 1.81. The molecule has 0 saturated carbocycles. The standard InChI is InChI=1S/C19H27NOS/c1-15(2)8-7-9-16(3)12-19-20(18(21)14-22-19)13-17-10-5-4-6-11-17/h4-6,8,10-11,16,19H,7,9,12-14H2,1-3H3. The molecule has 0 spiro atoms. The highest BCUT2D eigenvalue weighted by Gasteiger charge is 2.32. The molecule has 120 valence electrons. The topological polar surface area (TPSA) is 20.3 Å². The van der Waals surface area contributed by atoms with Crippen molar-refractivity contribution in [3.8, 4) is 0 Å². The Morgan fingerprint density at radius 3 is 2.77 bits per heavy atom. The highest BCUT2D eigenvalue weighted by Crippen LogP contribution is 2.32. The number of nitrogens with zero attached hydrogens (tertiary/aromatic N) is 1. The Bertz CT molecular complexity index is 507. The first-order valence-electron chi connectivity index (χ1n) is 8.14. The SMILES string of the molecule is CC(C)=CCCC(C)CC1SCC(=O)N1Cc1ccccc1. The largest absolute Gasteiger partial charge is 0.326 e. The van der Waals surface area contributed by atoms with Gasteiger partial charge in [0, 0.05) is 6.54 Å². The smallest absolute Gasteiger partial charge is 0.233 e. The normalized spacial score (nSPS) is 19.3. The number of amides is 1. The molecular formula is C19H27NOS. The van der Waals surface area contributed by atoms with Gasteiger partial charge in [-0.3, -0.25) is 4.79 Å². The van der Waals surface area contributed by atoms with Gasteiger partial charge < -0.3 is 4.90 Å². The van der Waals surface area contributed by atoms with Gasteiger partial charge in [-0.25, -0.2) is 0 Å². The van der Waals surface area contributed by atoms with Crippen LogP contribution in [0.2, 0.25) is 0 Å². The van der Waals surface area contributed by atoms with Crippen LogP contribution >= 0.6 is 11.8 Å². The summed E-state index contributed by atoms with van der Waals surface area (Å²) < 4.78 is 0. The van der Waals surface area contributed by atoms with Crippen molar-refractivity contribution in [2.45, 2.75) is 52.0 Å². The van der Waals surface area contributed by atoms with E-state index in [1.54, 1.807) is 11.8 Å². The van der Waals surface area contributed by atoms with Gasteiger partial charge >= 0.3 is 0 Å². The number of hydrogen-bond acceptors (Lipinski definition) is 2. The lowest BCUT2D eigenvalue weighted by Crippen LogP contribution is -2.33. The van der Waals surface area contributed by atoms with Crippen LogP contribution in [0, 0.1) is 5.92 Å². The van der Waals surface area contributed by atoms with Crippen molar-refractivity contribution in [3.63, 3.8) is 0 Å². The summed E-state index contributed by atoms with van der Waals surface area (Å²) in [5.74, 6) is 1.57. The second-order valence-electron chi connectivity index (χ2n) is 6.47. The molecule has 1 amide bonds. The van der Waals surface area contributed by atoms with Crippen LogP contribution in [-0.2, 0) is 11.3 Å². The summed E-state index contributed by atoms with van der Waals surface area (Å²) in [6.07, 6.45) is 5.76. The molecule has 0 radical (unpaired) electrons. The Morgan fingerprint density at radius 1 is 1.36 bits per heavy atom. The van der Waals surface area contributed by atoms with Crippen molar-refractivity contribution >= 4 is 17.7 Å². The molecule has 0 aliphatic carbocycles. The van der Waals surface area contributed by atoms with Crippen molar-refractivity contribution in [2.24, 2.45) is 5.92 Å². The van der Waals surface area contributed by atoms with E-state index in [-0.39, 0.29) is 5.91 Å². The van der Waals surface area contributed by atoms with Gasteiger partial charge in [0.25, 0.3) is 0 Å². The molecule has 1 aliphatic heterocycles. The molecule has 2 rings (SSSR count). The summed E-state index contributed by atoms with van der Waals surface area (Å²) in [5, 5.41) is 0.342. The number of allylic oxidation sites excluding steroid dienone is 2. The monoisotopic (exact) mass is 317 g/mol. The Kier molecular flexibility index (Phi) is 6.56. The van der Waals surface area contributed by atoms with Gasteiger partial charge in [-0.1, -0.05) is 48.9 Å². The first-order chi connectivity index (χ1) is 10.6. The van der Waals surface area contributed by atoms with Crippen molar-refractivity contribution in [1.82, 2.24) is 4.90 Å². The van der Waals surface area contributed by atoms with E-state index in [1.165, 1.54) is 17.6 Å². The van der Waals surface area contributed by atoms with Gasteiger partial charge in [0.15, 0.2) is 0 Å². The third-order valence-electron chi connectivity index (χ3n) is 4.08. The predicted molar refractivity (Wildman–Crippen MR) is 95.7 cm³/mol. The van der Waals surface area contributed by atoms with Crippen LogP contribution < -0.4 is 0 Å². The molecule has 0 bridgehead atoms. The number of carbonyl (C=O) groups is 1. The molecule has 3 heteroatoms. The fraction of sp³-hybridized carbons (Fsp3) is 0.526. The van der Waals surface area contributed by atoms with E-state index in [2.05, 4.69) is 43.9 Å². The van der Waals surface area contributed by atoms with Crippen LogP contribution in [0.5, 0.6) is 0 Å². The maximum Gasteiger partial charge on any atom is 0.233 e. The fourth-order valence-electron chi connectivity index (χ4n) is 2.78. The van der Waals surface area contributed by atoms with E-state index in [0.29, 0.717) is 17.0 Å². The number of hydrogen-bond donors (Lipinski definition) is 0. The maximum atomic E-state index is 12.2. The van der Waals surface area contributed by atoms with Crippen molar-refractivity contribution < 1.29 is 4.79 Å². The summed E-state index contributed by atoms with van der Waals surface area (Å²) in [6, 6.07) is 10.3. The molecule has 1 aliphatic rings. The molecule has 1 aromatic carbocycles. The predicted octanol–water partition coefficient (Wildman–Crippen LogP) is 4.86. The van der Waals surface area contributed by atoms with Gasteiger partial charge in [0.05, 0.1) is 11.1 Å². The van der Waals surface area contributed by atoms with E-state index in [9.17, 15) is 4.79 Å². The van der Waals surface area contributed by atoms with Gasteiger partial charge in [-0.15, -0.1) is 11.8 Å². The number of rotatable bonds is 7. The van der Waals surface area contributed by atoms with Crippen LogP contribution in [0.4, 0.5) is 0 Å². The Hall–Kier alpha value is -1.22. The molecule has 22 heavy (non-hydrogen) atoms. The third kappa shape index (κ3) is 5.20. The summed E-state index contributed by atoms with van der Waals surface area (Å²) in [4.78, 5) is 14.2. The molecule has 1 fully saturated rings. The van der Waals surface area contributed by atoms with Crippen LogP contribution in [0.3, 0.4) is 0 Å². The van der Waals surface area contributed by atoms with Crippen molar-refractivity contribution in [1.29, 1.82) is 0 Å². The van der Waals surface area contributed by atoms with Crippen molar-refractivity contribution in [3.05, 3.63) is 47.5 Å². The zero-order valence-corrected chi connectivity index (χ0v) is 14.7. The van der Waals surface area contributed by atoms with Crippen LogP contribution in [0.25, 0.3) is 0 Å². The zero-order valence-electron chi connectivity index (χ0n) is 13.9. The lowest BCUT2D eigenvalue weighted by Gasteiger charge is -2.26. The van der Waals surface area contributed by atoms with Gasteiger partial charge in [0.2, 0.25) is 5.91 Å². The molecule has 0 N–H and O–H groups in total. The van der Waals surface area contributed by atoms with E-state index in [0.717, 1.165) is 19.4 Å². The zero-order chi connectivity index (χ0) is 15.9. The Balaban J connectivity index is 1.89. The first kappa shape index (κ1) is 17.1. The van der Waals surface area contributed by atoms with E-state index in [1.807, 2.05) is 18.2 Å². The third-order valence-corrected chi connectivity index (χ3v) is 5.32. The molecule has 2 atom stereocenters. The molecule has 2 nitrogen and oxygen atoms in total. The Morgan fingerprint density at radius 2 is 2.09 bits per heavy atom. The van der Waals surface area contributed by atoms with Gasteiger partial charge in [-0.2, -0.15) is 0 Å². The van der Waals surface area contributed by atoms with E-state index >= 15 is 0 Å². The van der Waals surface area contributed by atoms with Crippen LogP contribution in [0.1, 0.15) is 45.6 Å². The minimum Gasteiger partial charge on any atom is -0.326 e. The fourth-order valence-corrected chi connectivity index (χ4v) is 4.12. The minimum atomic E-state index is 0.287. The summed E-state index contributed by atoms with van der Waals surface area (Å²) in [6.45, 7) is 7.36. The average molecular weight is 317 g/mol. The number of carbonyl (C=O) groups excluding carboxylic acids is 1. The molecule has 1 saturated heterocycles. The summed E-state index contributed by atoms with van der Waals surface area (Å²) in [7, 11) is 0. The second kappa shape index (κ2) is 8.42. The average Bonchev–Trinajstić information content (AvgIpc) is 2.81. The highest BCUT2D eigenvalue weighted by molar-refractivity contribution is 8.00. The maximum absolute atomic E-state index is 12.2. The lowest BCUT2D eigenvalue weighted by atomic mass is 10.0. The minimum absolute atomic E-state index is 0.287. The number of thioether (sulfide) groups is 1. The molecule has 1 heterocycles. The van der Waals surface area contributed by atoms with Crippen molar-refractivity contribution in [2.75, 3.05) is 5.75 Å². The van der Waals surface area contributed by atoms with Gasteiger partial charge in [-0.05, 0) is 44.6 Å². The summed E-state index contributed by atoms with van der Waals surface area (Å²) in [5.41, 5.74) is 2.61. The van der Waals surface area contributed by atoms with Crippen LogP contribution in [0.15, 0.2) is 42.0 Å². The van der Waals surface area contributed by atoms with E-state index < -0.39 is 0 Å². The first-order valence-corrected chi connectivity index (χ1v) is 9.19.